The van der Waals surface area contributed by atoms with E-state index in [1.165, 1.54) is 0 Å². The quantitative estimate of drug-likeness (QED) is 0.887. The summed E-state index contributed by atoms with van der Waals surface area (Å²) in [5.74, 6) is 1.47. The molecule has 2 atom stereocenters. The highest BCUT2D eigenvalue weighted by atomic mass is 79.9. The van der Waals surface area contributed by atoms with Gasteiger partial charge in [0.1, 0.15) is 5.82 Å². The fourth-order valence-electron chi connectivity index (χ4n) is 1.99. The number of halogens is 1. The molecule has 0 aromatic carbocycles. The Morgan fingerprint density at radius 1 is 1.53 bits per heavy atom. The normalized spacial score (nSPS) is 25.5. The molecule has 1 saturated carbocycles. The smallest absolute Gasteiger partial charge is 0.140 e. The van der Waals surface area contributed by atoms with Crippen LogP contribution >= 0.6 is 15.9 Å². The number of anilines is 1. The first-order valence-electron chi connectivity index (χ1n) is 5.28. The molecule has 0 saturated heterocycles. The van der Waals surface area contributed by atoms with Crippen LogP contribution in [-0.2, 0) is 0 Å². The van der Waals surface area contributed by atoms with Crippen LogP contribution in [0.15, 0.2) is 22.8 Å². The van der Waals surface area contributed by atoms with Crippen LogP contribution in [0.25, 0.3) is 0 Å². The van der Waals surface area contributed by atoms with Gasteiger partial charge in [-0.25, -0.2) is 4.98 Å². The lowest BCUT2D eigenvalue weighted by molar-refractivity contribution is 0.178. The average Bonchev–Trinajstić information content (AvgIpc) is 2.63. The summed E-state index contributed by atoms with van der Waals surface area (Å²) in [6.45, 7) is 0.896. The Labute approximate surface area is 98.0 Å². The zero-order valence-corrected chi connectivity index (χ0v) is 10.1. The van der Waals surface area contributed by atoms with Gasteiger partial charge in [-0.3, -0.25) is 0 Å². The summed E-state index contributed by atoms with van der Waals surface area (Å²) < 4.78 is 0.989. The molecule has 4 heteroatoms. The number of aromatic nitrogens is 1. The first-order chi connectivity index (χ1) is 7.25. The molecule has 1 fully saturated rings. The van der Waals surface area contributed by atoms with Crippen molar-refractivity contribution in [1.29, 1.82) is 0 Å². The molecule has 1 aliphatic rings. The summed E-state index contributed by atoms with van der Waals surface area (Å²) in [5, 5.41) is 12.7. The van der Waals surface area contributed by atoms with Crippen LogP contribution in [0.4, 0.5) is 5.82 Å². The lowest BCUT2D eigenvalue weighted by Crippen LogP contribution is -2.13. The van der Waals surface area contributed by atoms with Gasteiger partial charge in [0.25, 0.3) is 0 Å². The third kappa shape index (κ3) is 2.92. The van der Waals surface area contributed by atoms with Gasteiger partial charge in [-0.15, -0.1) is 0 Å². The summed E-state index contributed by atoms with van der Waals surface area (Å²) in [7, 11) is 0. The van der Waals surface area contributed by atoms with Gasteiger partial charge < -0.3 is 10.4 Å². The summed E-state index contributed by atoms with van der Waals surface area (Å²) in [6, 6.07) is 3.87. The molecule has 0 aliphatic heterocycles. The predicted molar refractivity (Wildman–Crippen MR) is 63.8 cm³/mol. The first-order valence-corrected chi connectivity index (χ1v) is 6.07. The van der Waals surface area contributed by atoms with Crippen molar-refractivity contribution in [2.24, 2.45) is 5.92 Å². The Hall–Kier alpha value is -0.610. The third-order valence-electron chi connectivity index (χ3n) is 2.83. The van der Waals surface area contributed by atoms with Gasteiger partial charge in [0.05, 0.1) is 10.6 Å². The Kier molecular flexibility index (Phi) is 3.59. The zero-order chi connectivity index (χ0) is 10.7. The number of aliphatic hydroxyl groups excluding tert-OH is 1. The highest BCUT2D eigenvalue weighted by Gasteiger charge is 2.22. The maximum absolute atomic E-state index is 9.40. The SMILES string of the molecule is OC1CCC(CNc2ncccc2Br)C1. The van der Waals surface area contributed by atoms with Crippen LogP contribution in [0.3, 0.4) is 0 Å². The number of nitrogens with one attached hydrogen (secondary N) is 1. The molecule has 15 heavy (non-hydrogen) atoms. The standard InChI is InChI=1S/C11H15BrN2O/c12-10-2-1-5-13-11(10)14-7-8-3-4-9(15)6-8/h1-2,5,8-9,15H,3-4,6-7H2,(H,13,14). The minimum absolute atomic E-state index is 0.0935. The van der Waals surface area contributed by atoms with E-state index in [2.05, 4.69) is 26.2 Å². The Bertz CT molecular complexity index is 332. The molecule has 1 heterocycles. The van der Waals surface area contributed by atoms with E-state index in [1.807, 2.05) is 12.1 Å². The summed E-state index contributed by atoms with van der Waals surface area (Å²) in [6.07, 6.45) is 4.64. The van der Waals surface area contributed by atoms with Crippen molar-refractivity contribution in [3.05, 3.63) is 22.8 Å². The van der Waals surface area contributed by atoms with Gasteiger partial charge in [-0.05, 0) is 53.2 Å². The second-order valence-corrected chi connectivity index (χ2v) is 4.90. The molecule has 82 valence electrons. The fourth-order valence-corrected chi connectivity index (χ4v) is 2.39. The molecule has 0 amide bonds. The van der Waals surface area contributed by atoms with Crippen LogP contribution in [0.2, 0.25) is 0 Å². The van der Waals surface area contributed by atoms with Crippen molar-refractivity contribution >= 4 is 21.7 Å². The van der Waals surface area contributed by atoms with Crippen molar-refractivity contribution in [3.63, 3.8) is 0 Å². The van der Waals surface area contributed by atoms with E-state index in [0.717, 1.165) is 36.1 Å². The molecule has 3 nitrogen and oxygen atoms in total. The topological polar surface area (TPSA) is 45.1 Å². The number of rotatable bonds is 3. The fraction of sp³-hybridized carbons (Fsp3) is 0.545. The summed E-state index contributed by atoms with van der Waals surface area (Å²) >= 11 is 3.44. The van der Waals surface area contributed by atoms with Crippen LogP contribution in [0.5, 0.6) is 0 Å². The summed E-state index contributed by atoms with van der Waals surface area (Å²) in [5.41, 5.74) is 0. The van der Waals surface area contributed by atoms with Crippen molar-refractivity contribution in [1.82, 2.24) is 4.98 Å². The Balaban J connectivity index is 1.86. The molecule has 2 unspecified atom stereocenters. The zero-order valence-electron chi connectivity index (χ0n) is 8.49. The molecule has 0 spiro atoms. The number of hydrogen-bond acceptors (Lipinski definition) is 3. The molecular weight excluding hydrogens is 256 g/mol. The number of hydrogen-bond donors (Lipinski definition) is 2. The van der Waals surface area contributed by atoms with Gasteiger partial charge in [-0.1, -0.05) is 0 Å². The maximum Gasteiger partial charge on any atom is 0.140 e. The monoisotopic (exact) mass is 270 g/mol. The van der Waals surface area contributed by atoms with Gasteiger partial charge in [0.15, 0.2) is 0 Å². The van der Waals surface area contributed by atoms with Crippen molar-refractivity contribution < 1.29 is 5.11 Å². The van der Waals surface area contributed by atoms with E-state index >= 15 is 0 Å². The molecule has 1 aliphatic carbocycles. The summed E-state index contributed by atoms with van der Waals surface area (Å²) in [4.78, 5) is 4.24. The third-order valence-corrected chi connectivity index (χ3v) is 3.47. The minimum atomic E-state index is -0.0935. The van der Waals surface area contributed by atoms with E-state index in [-0.39, 0.29) is 6.10 Å². The van der Waals surface area contributed by atoms with Crippen molar-refractivity contribution in [2.75, 3.05) is 11.9 Å². The van der Waals surface area contributed by atoms with E-state index < -0.39 is 0 Å². The molecule has 2 N–H and O–H groups in total. The molecule has 0 radical (unpaired) electrons. The largest absolute Gasteiger partial charge is 0.393 e. The van der Waals surface area contributed by atoms with Crippen LogP contribution in [0.1, 0.15) is 19.3 Å². The molecule has 1 aromatic heterocycles. The molecule has 0 bridgehead atoms. The van der Waals surface area contributed by atoms with E-state index in [9.17, 15) is 5.11 Å². The van der Waals surface area contributed by atoms with E-state index in [1.54, 1.807) is 6.20 Å². The first kappa shape index (κ1) is 10.9. The molecular formula is C11H15BrN2O. The highest BCUT2D eigenvalue weighted by molar-refractivity contribution is 9.10. The number of aliphatic hydroxyl groups is 1. The average molecular weight is 271 g/mol. The lowest BCUT2D eigenvalue weighted by atomic mass is 10.1. The van der Waals surface area contributed by atoms with E-state index in [0.29, 0.717) is 5.92 Å². The molecule has 2 rings (SSSR count). The van der Waals surface area contributed by atoms with Gasteiger partial charge in [0.2, 0.25) is 0 Å². The second kappa shape index (κ2) is 4.94. The highest BCUT2D eigenvalue weighted by Crippen LogP contribution is 2.26. The van der Waals surface area contributed by atoms with Crippen LogP contribution < -0.4 is 5.32 Å². The Morgan fingerprint density at radius 2 is 2.40 bits per heavy atom. The van der Waals surface area contributed by atoms with Crippen molar-refractivity contribution in [3.8, 4) is 0 Å². The van der Waals surface area contributed by atoms with Crippen LogP contribution in [-0.4, -0.2) is 22.7 Å². The number of pyridine rings is 1. The maximum atomic E-state index is 9.40. The Morgan fingerprint density at radius 3 is 3.07 bits per heavy atom. The van der Waals surface area contributed by atoms with E-state index in [4.69, 9.17) is 0 Å². The van der Waals surface area contributed by atoms with Crippen LogP contribution in [0, 0.1) is 5.92 Å². The second-order valence-electron chi connectivity index (χ2n) is 4.05. The number of nitrogens with zero attached hydrogens (tertiary/aromatic N) is 1. The van der Waals surface area contributed by atoms with Crippen molar-refractivity contribution in [2.45, 2.75) is 25.4 Å². The van der Waals surface area contributed by atoms with Gasteiger partial charge >= 0.3 is 0 Å². The lowest BCUT2D eigenvalue weighted by Gasteiger charge is -2.12. The minimum Gasteiger partial charge on any atom is -0.393 e. The van der Waals surface area contributed by atoms with Gasteiger partial charge in [-0.2, -0.15) is 0 Å². The predicted octanol–water partition coefficient (Wildman–Crippen LogP) is 2.42. The van der Waals surface area contributed by atoms with Gasteiger partial charge in [0, 0.05) is 12.7 Å². The molecule has 1 aromatic rings.